The number of nitrogens with one attached hydrogen (secondary N) is 1. The number of methoxy groups -OCH3 is 2. The van der Waals surface area contributed by atoms with E-state index in [0.29, 0.717) is 41.2 Å². The number of benzene rings is 3. The molecule has 1 saturated carbocycles. The molecule has 1 aliphatic carbocycles. The third-order valence-corrected chi connectivity index (χ3v) is 11.9. The van der Waals surface area contributed by atoms with E-state index in [9.17, 15) is 18.7 Å². The summed E-state index contributed by atoms with van der Waals surface area (Å²) in [5, 5.41) is 18.6. The van der Waals surface area contributed by atoms with Crippen LogP contribution < -0.4 is 14.8 Å². The number of hydrogen-bond donors (Lipinski definition) is 2. The monoisotopic (exact) mass is 810 g/mol. The van der Waals surface area contributed by atoms with Crippen LogP contribution in [-0.4, -0.2) is 86.0 Å². The number of carboxylic acid groups (broad SMARTS) is 1. The maximum absolute atomic E-state index is 14.2. The van der Waals surface area contributed by atoms with Gasteiger partial charge in [-0.1, -0.05) is 35.9 Å². The number of alkyl halides is 2. The van der Waals surface area contributed by atoms with Gasteiger partial charge in [-0.25, -0.2) is 23.4 Å². The summed E-state index contributed by atoms with van der Waals surface area (Å²) in [5.41, 5.74) is 5.99. The van der Waals surface area contributed by atoms with Crippen LogP contribution in [0.4, 0.5) is 20.3 Å². The first-order valence-electron chi connectivity index (χ1n) is 19.5. The van der Waals surface area contributed by atoms with Crippen LogP contribution in [0.2, 0.25) is 5.02 Å². The van der Waals surface area contributed by atoms with Crippen molar-refractivity contribution < 1.29 is 28.2 Å². The molecule has 6 aromatic rings. The normalized spacial score (nSPS) is 17.4. The summed E-state index contributed by atoms with van der Waals surface area (Å²) >= 11 is 7.14. The van der Waals surface area contributed by atoms with E-state index in [1.54, 1.807) is 38.7 Å². The fourth-order valence-corrected chi connectivity index (χ4v) is 8.67. The Kier molecular flexibility index (Phi) is 11.4. The molecule has 1 aliphatic heterocycles. The fourth-order valence-electron chi connectivity index (χ4n) is 8.40. The number of halogens is 3. The van der Waals surface area contributed by atoms with E-state index < -0.39 is 18.2 Å². The second-order valence-corrected chi connectivity index (χ2v) is 15.5. The van der Waals surface area contributed by atoms with Crippen molar-refractivity contribution in [3.05, 3.63) is 89.0 Å². The van der Waals surface area contributed by atoms with Gasteiger partial charge in [-0.15, -0.1) is 0 Å². The number of aromatic nitrogens is 5. The molecule has 12 nitrogen and oxygen atoms in total. The summed E-state index contributed by atoms with van der Waals surface area (Å²) < 4.78 is 42.0. The van der Waals surface area contributed by atoms with E-state index in [2.05, 4.69) is 30.1 Å². The standard InChI is InChI=1S/C43H45ClF2N8O4/c1-52(27-14-12-26(13-15-27)43(55)56)23-25-18-34-39(47-21-25)41(51-42(50-34)40(45)46)49-33-10-6-9-30(38(33)44)29-8-7-11-35-31(29)22-48-54(35)28-19-36(57-2)32(37(20-28)58-3)24-53-16-4-5-17-53/h6-11,18-22,26-27,40H,4-5,12-17,23-24H2,1-3H3,(H,55,56)(H,49,50,51). The van der Waals surface area contributed by atoms with Crippen LogP contribution in [0.5, 0.6) is 11.5 Å². The summed E-state index contributed by atoms with van der Waals surface area (Å²) in [6, 6.07) is 17.3. The van der Waals surface area contributed by atoms with Crippen molar-refractivity contribution in [3.63, 3.8) is 0 Å². The zero-order valence-electron chi connectivity index (χ0n) is 32.6. The zero-order chi connectivity index (χ0) is 40.5. The molecule has 3 aromatic carbocycles. The number of pyridine rings is 1. The molecule has 2 N–H and O–H groups in total. The number of carbonyl (C=O) groups is 1. The summed E-state index contributed by atoms with van der Waals surface area (Å²) in [7, 11) is 5.31. The molecule has 2 fully saturated rings. The van der Waals surface area contributed by atoms with Gasteiger partial charge >= 0.3 is 5.97 Å². The number of hydrogen-bond acceptors (Lipinski definition) is 10. The van der Waals surface area contributed by atoms with Gasteiger partial charge in [0.15, 0.2) is 11.6 Å². The molecule has 15 heteroatoms. The van der Waals surface area contributed by atoms with Crippen molar-refractivity contribution in [1.29, 1.82) is 0 Å². The molecule has 2 aliphatic rings. The molecule has 0 radical (unpaired) electrons. The van der Waals surface area contributed by atoms with E-state index in [-0.39, 0.29) is 23.3 Å². The first-order chi connectivity index (χ1) is 28.1. The molecule has 3 aromatic heterocycles. The van der Waals surface area contributed by atoms with E-state index in [1.165, 1.54) is 12.8 Å². The molecule has 0 atom stereocenters. The first kappa shape index (κ1) is 39.4. The van der Waals surface area contributed by atoms with Crippen molar-refractivity contribution in [2.75, 3.05) is 39.7 Å². The van der Waals surface area contributed by atoms with Gasteiger partial charge in [0.25, 0.3) is 6.43 Å². The smallest absolute Gasteiger partial charge is 0.306 e. The minimum absolute atomic E-state index is 0.105. The predicted octanol–water partition coefficient (Wildman–Crippen LogP) is 9.05. The summed E-state index contributed by atoms with van der Waals surface area (Å²) in [5.74, 6) is -0.124. The number of anilines is 2. The Balaban J connectivity index is 1.09. The van der Waals surface area contributed by atoms with E-state index in [0.717, 1.165) is 77.3 Å². The van der Waals surface area contributed by atoms with Crippen LogP contribution in [0.15, 0.2) is 67.0 Å². The molecule has 0 unspecified atom stereocenters. The summed E-state index contributed by atoms with van der Waals surface area (Å²) in [6.07, 6.45) is 5.74. The first-order valence-corrected chi connectivity index (χ1v) is 19.9. The predicted molar refractivity (Wildman–Crippen MR) is 220 cm³/mol. The average Bonchev–Trinajstić information content (AvgIpc) is 3.92. The molecule has 58 heavy (non-hydrogen) atoms. The molecule has 302 valence electrons. The molecule has 1 saturated heterocycles. The summed E-state index contributed by atoms with van der Waals surface area (Å²) in [6.45, 7) is 3.33. The van der Waals surface area contributed by atoms with E-state index in [4.69, 9.17) is 26.2 Å². The van der Waals surface area contributed by atoms with Crippen molar-refractivity contribution in [2.24, 2.45) is 5.92 Å². The highest BCUT2D eigenvalue weighted by Crippen LogP contribution is 2.41. The number of aliphatic carboxylic acids is 1. The molecule has 0 spiro atoms. The highest BCUT2D eigenvalue weighted by atomic mass is 35.5. The Morgan fingerprint density at radius 1 is 0.983 bits per heavy atom. The van der Waals surface area contributed by atoms with E-state index in [1.807, 2.05) is 54.2 Å². The summed E-state index contributed by atoms with van der Waals surface area (Å²) in [4.78, 5) is 29.0. The zero-order valence-corrected chi connectivity index (χ0v) is 33.3. The molecule has 0 bridgehead atoms. The van der Waals surface area contributed by atoms with Gasteiger partial charge in [0.05, 0.1) is 59.3 Å². The number of carboxylic acids is 1. The fraction of sp³-hybridized carbons (Fsp3) is 0.372. The average molecular weight is 811 g/mol. The molecule has 4 heterocycles. The molecular weight excluding hydrogens is 766 g/mol. The highest BCUT2D eigenvalue weighted by Gasteiger charge is 2.28. The topological polar surface area (TPSA) is 131 Å². The van der Waals surface area contributed by atoms with Gasteiger partial charge in [0.1, 0.15) is 17.0 Å². The lowest BCUT2D eigenvalue weighted by atomic mass is 9.85. The maximum atomic E-state index is 14.2. The number of rotatable bonds is 13. The van der Waals surface area contributed by atoms with Gasteiger partial charge in [-0.2, -0.15) is 5.10 Å². The Hall–Kier alpha value is -5.44. The van der Waals surface area contributed by atoms with Crippen LogP contribution in [0.25, 0.3) is 38.8 Å². The van der Waals surface area contributed by atoms with Crippen LogP contribution in [0.1, 0.15) is 61.9 Å². The molecular formula is C43H45ClF2N8O4. The maximum Gasteiger partial charge on any atom is 0.306 e. The quantitative estimate of drug-likeness (QED) is 0.116. The highest BCUT2D eigenvalue weighted by molar-refractivity contribution is 6.36. The minimum Gasteiger partial charge on any atom is -0.496 e. The van der Waals surface area contributed by atoms with Gasteiger partial charge in [0, 0.05) is 48.4 Å². The van der Waals surface area contributed by atoms with Crippen LogP contribution in [0, 0.1) is 5.92 Å². The van der Waals surface area contributed by atoms with Gasteiger partial charge < -0.3 is 19.9 Å². The Morgan fingerprint density at radius 3 is 2.38 bits per heavy atom. The third-order valence-electron chi connectivity index (χ3n) is 11.5. The Bertz CT molecular complexity index is 2440. The van der Waals surface area contributed by atoms with Gasteiger partial charge in [0.2, 0.25) is 0 Å². The van der Waals surface area contributed by atoms with Crippen molar-refractivity contribution in [2.45, 2.75) is 64.1 Å². The van der Waals surface area contributed by atoms with Gasteiger partial charge in [-0.3, -0.25) is 19.6 Å². The minimum atomic E-state index is -2.92. The second kappa shape index (κ2) is 16.8. The lowest BCUT2D eigenvalue weighted by Crippen LogP contribution is -2.36. The molecule has 0 amide bonds. The second-order valence-electron chi connectivity index (χ2n) is 15.1. The SMILES string of the molecule is COc1cc(-n2ncc3c(-c4cccc(Nc5nc(C(F)F)nc6cc(CN(C)C7CCC(C(=O)O)CC7)cnc56)c4Cl)cccc32)cc(OC)c1CN1CCCC1. The third kappa shape index (κ3) is 7.88. The lowest BCUT2D eigenvalue weighted by Gasteiger charge is -2.33. The molecule has 8 rings (SSSR count). The number of fused-ring (bicyclic) bond motifs is 2. The Morgan fingerprint density at radius 2 is 1.69 bits per heavy atom. The number of ether oxygens (including phenoxy) is 2. The van der Waals surface area contributed by atoms with Crippen LogP contribution >= 0.6 is 11.6 Å². The lowest BCUT2D eigenvalue weighted by molar-refractivity contribution is -0.143. The number of likely N-dealkylation sites (tertiary alicyclic amines) is 1. The Labute approximate surface area is 339 Å². The largest absolute Gasteiger partial charge is 0.496 e. The van der Waals surface area contributed by atoms with Crippen molar-refractivity contribution >= 4 is 51.0 Å². The van der Waals surface area contributed by atoms with Crippen LogP contribution in [0.3, 0.4) is 0 Å². The van der Waals surface area contributed by atoms with Crippen molar-refractivity contribution in [1.82, 2.24) is 34.5 Å². The van der Waals surface area contributed by atoms with Gasteiger partial charge in [-0.05, 0) is 88.0 Å². The van der Waals surface area contributed by atoms with Crippen molar-refractivity contribution in [3.8, 4) is 28.3 Å². The van der Waals surface area contributed by atoms with Crippen LogP contribution in [-0.2, 0) is 17.9 Å². The number of nitrogens with zero attached hydrogens (tertiary/aromatic N) is 7. The van der Waals surface area contributed by atoms with E-state index >= 15 is 0 Å².